The van der Waals surface area contributed by atoms with Gasteiger partial charge in [0.2, 0.25) is 0 Å². The minimum absolute atomic E-state index is 0. The summed E-state index contributed by atoms with van der Waals surface area (Å²) in [6.45, 7) is 2.86. The van der Waals surface area contributed by atoms with Crippen LogP contribution >= 0.6 is 0 Å². The molecule has 19 heteroatoms. The molecule has 0 radical (unpaired) electrons. The van der Waals surface area contributed by atoms with Gasteiger partial charge in [-0.2, -0.15) is 10.5 Å². The van der Waals surface area contributed by atoms with Crippen molar-refractivity contribution in [2.45, 2.75) is 19.4 Å². The van der Waals surface area contributed by atoms with Crippen LogP contribution in [0.1, 0.15) is 30.9 Å². The predicted molar refractivity (Wildman–Crippen MR) is 144 cm³/mol. The number of aliphatic hydroxyl groups is 1. The molecule has 250 valence electrons. The minimum atomic E-state index is -4.94. The Morgan fingerprint density at radius 2 is 0.796 bits per heavy atom. The average Bonchev–Trinajstić information content (AvgIpc) is 3.05. The van der Waals surface area contributed by atoms with Crippen LogP contribution in [-0.4, -0.2) is 30.0 Å². The molecule has 0 bridgehead atoms. The number of nitrogens with zero attached hydrogens (tertiary/aromatic N) is 7. The fraction of sp³-hybridized carbons (Fsp3) is 0.100. The van der Waals surface area contributed by atoms with Gasteiger partial charge in [-0.1, -0.05) is 30.3 Å². The molecule has 0 spiro atoms. The van der Waals surface area contributed by atoms with E-state index in [1.165, 1.54) is 13.8 Å². The summed E-state index contributed by atoms with van der Waals surface area (Å²) in [6, 6.07) is 31.2. The van der Waals surface area contributed by atoms with E-state index < -0.39 is 26.1 Å². The van der Waals surface area contributed by atoms with E-state index in [0.717, 1.165) is 0 Å². The van der Waals surface area contributed by atoms with Crippen molar-refractivity contribution in [3.63, 3.8) is 0 Å². The Morgan fingerprint density at radius 3 is 1.08 bits per heavy atom. The number of hydrogen-bond acceptors (Lipinski definition) is 16. The molecule has 0 saturated carbocycles. The first-order valence-corrected chi connectivity index (χ1v) is 15.3. The third-order valence-corrected chi connectivity index (χ3v) is 5.13. The van der Waals surface area contributed by atoms with Gasteiger partial charge in [-0.05, 0) is 60.7 Å². The van der Waals surface area contributed by atoms with Crippen molar-refractivity contribution >= 4 is 0 Å². The molecule has 0 aliphatic rings. The molecule has 1 N–H and O–H groups in total. The van der Waals surface area contributed by atoms with E-state index in [1.54, 1.807) is 55.0 Å². The first-order valence-electron chi connectivity index (χ1n) is 12.8. The summed E-state index contributed by atoms with van der Waals surface area (Å²) < 4.78 is 67.9. The molecule has 0 aliphatic carbocycles. The SMILES string of the molecule is CC#N.CC#N.OC(c1ccccn1)(c1cccc(-c2ccccn2)n1)c1cccc(-c2ccccn2)n1.[Cd+2].[O-][Cl+3]([O-])([O-])[O-].[O-][Cl+3]([O-])([O-])[O-]. The van der Waals surface area contributed by atoms with Crippen LogP contribution < -0.4 is 37.3 Å². The summed E-state index contributed by atoms with van der Waals surface area (Å²) in [5.41, 5.74) is 2.31. The summed E-state index contributed by atoms with van der Waals surface area (Å²) >= 11 is 0. The Balaban J connectivity index is 0.00000115. The van der Waals surface area contributed by atoms with Crippen molar-refractivity contribution in [1.82, 2.24) is 24.9 Å². The summed E-state index contributed by atoms with van der Waals surface area (Å²) in [5.74, 6) is 0. The first kappa shape index (κ1) is 44.9. The minimum Gasteiger partial charge on any atom is -0.372 e. The van der Waals surface area contributed by atoms with Crippen LogP contribution in [0.3, 0.4) is 0 Å². The molecule has 5 aromatic heterocycles. The molecule has 5 heterocycles. The van der Waals surface area contributed by atoms with E-state index >= 15 is 0 Å². The average molecular weight is 811 g/mol. The fourth-order valence-electron chi connectivity index (χ4n) is 3.56. The zero-order chi connectivity index (χ0) is 36.2. The number of pyridine rings is 5. The Morgan fingerprint density at radius 1 is 0.510 bits per heavy atom. The van der Waals surface area contributed by atoms with E-state index in [1.807, 2.05) is 66.7 Å². The normalized spacial score (nSPS) is 10.1. The molecule has 0 saturated heterocycles. The molecule has 0 unspecified atom stereocenters. The van der Waals surface area contributed by atoms with Gasteiger partial charge in [-0.15, -0.1) is 20.5 Å². The van der Waals surface area contributed by atoms with Crippen molar-refractivity contribution in [3.8, 4) is 34.9 Å². The van der Waals surface area contributed by atoms with E-state index in [9.17, 15) is 5.11 Å². The molecular weight excluding hydrogens is 786 g/mol. The first-order chi connectivity index (χ1) is 22.6. The quantitative estimate of drug-likeness (QED) is 0.165. The van der Waals surface area contributed by atoms with E-state index in [2.05, 4.69) is 15.0 Å². The second-order valence-corrected chi connectivity index (χ2v) is 9.89. The van der Waals surface area contributed by atoms with Crippen LogP contribution in [0.5, 0.6) is 0 Å². The Bertz CT molecular complexity index is 1620. The van der Waals surface area contributed by atoms with Crippen LogP contribution in [0, 0.1) is 43.1 Å². The zero-order valence-electron chi connectivity index (χ0n) is 25.7. The molecule has 0 fully saturated rings. The topological polar surface area (TPSA) is 317 Å². The van der Waals surface area contributed by atoms with E-state index in [-0.39, 0.29) is 27.3 Å². The molecule has 5 aromatic rings. The van der Waals surface area contributed by atoms with E-state index in [0.29, 0.717) is 39.9 Å². The Kier molecular flexibility index (Phi) is 20.6. The number of nitriles is 2. The molecular formula is C30H25CdCl2N7O9. The van der Waals surface area contributed by atoms with Crippen LogP contribution in [0.15, 0.2) is 110 Å². The Labute approximate surface area is 305 Å². The molecule has 0 aliphatic heterocycles. The number of aromatic nitrogens is 5. The van der Waals surface area contributed by atoms with Crippen LogP contribution in [0.25, 0.3) is 22.8 Å². The smallest absolute Gasteiger partial charge is 0.372 e. The Hall–Kier alpha value is -4.13. The molecule has 0 amide bonds. The van der Waals surface area contributed by atoms with Gasteiger partial charge in [0.1, 0.15) is 0 Å². The van der Waals surface area contributed by atoms with Gasteiger partial charge in [0, 0.05) is 32.4 Å². The number of halogens is 2. The van der Waals surface area contributed by atoms with Crippen LogP contribution in [0.2, 0.25) is 0 Å². The van der Waals surface area contributed by atoms with Crippen LogP contribution in [0.4, 0.5) is 0 Å². The third kappa shape index (κ3) is 17.7. The zero-order valence-corrected chi connectivity index (χ0v) is 31.2. The molecule has 49 heavy (non-hydrogen) atoms. The molecule has 0 atom stereocenters. The van der Waals surface area contributed by atoms with Gasteiger partial charge in [0.15, 0.2) is 5.60 Å². The summed E-state index contributed by atoms with van der Waals surface area (Å²) in [4.78, 5) is 22.7. The van der Waals surface area contributed by atoms with E-state index in [4.69, 9.17) is 57.8 Å². The van der Waals surface area contributed by atoms with Crippen molar-refractivity contribution in [3.05, 3.63) is 127 Å². The second-order valence-electron chi connectivity index (χ2n) is 8.37. The van der Waals surface area contributed by atoms with Gasteiger partial charge in [-0.3, -0.25) is 15.0 Å². The van der Waals surface area contributed by atoms with Crippen molar-refractivity contribution in [2.75, 3.05) is 0 Å². The molecule has 5 rings (SSSR count). The van der Waals surface area contributed by atoms with Gasteiger partial charge in [-0.25, -0.2) is 47.2 Å². The fourth-order valence-corrected chi connectivity index (χ4v) is 3.56. The van der Waals surface area contributed by atoms with Gasteiger partial charge >= 0.3 is 27.3 Å². The predicted octanol–water partition coefficient (Wildman–Crippen LogP) is -4.17. The molecule has 0 aromatic carbocycles. The van der Waals surface area contributed by atoms with Gasteiger partial charge < -0.3 is 5.11 Å². The third-order valence-electron chi connectivity index (χ3n) is 5.13. The summed E-state index contributed by atoms with van der Waals surface area (Å²) in [6.07, 6.45) is 5.07. The van der Waals surface area contributed by atoms with Crippen molar-refractivity contribution in [1.29, 1.82) is 10.5 Å². The van der Waals surface area contributed by atoms with Crippen LogP contribution in [-0.2, 0) is 32.9 Å². The summed E-state index contributed by atoms with van der Waals surface area (Å²) in [5, 5.41) is 26.8. The summed E-state index contributed by atoms with van der Waals surface area (Å²) in [7, 11) is -9.89. The van der Waals surface area contributed by atoms with Gasteiger partial charge in [0.25, 0.3) is 0 Å². The largest absolute Gasteiger partial charge is 2.00 e. The van der Waals surface area contributed by atoms with Gasteiger partial charge in [0.05, 0.1) is 52.0 Å². The second kappa shape index (κ2) is 22.5. The number of hydrogen-bond donors (Lipinski definition) is 1. The maximum Gasteiger partial charge on any atom is 2.00 e. The van der Waals surface area contributed by atoms with Crippen molar-refractivity contribution < 1.29 is 90.2 Å². The molecule has 16 nitrogen and oxygen atoms in total. The monoisotopic (exact) mass is 811 g/mol. The standard InChI is InChI=1S/C26H19N5O.2C2H3N.Cd.2ClHO4/c32-26(23-13-3-6-18-29-23,24-14-7-11-21(30-24)19-9-1-4-16-27-19)25-15-8-12-22(31-25)20-10-2-5-17-28-20;2*1-2-3;;2*2-1(3,4)5/h1-18,32H;2*1H3;;2*(H,2,3,4,5)/q;;;+2;;/p-2. The number of rotatable bonds is 5. The van der Waals surface area contributed by atoms with Crippen molar-refractivity contribution in [2.24, 2.45) is 0 Å². The maximum absolute atomic E-state index is 12.1. The maximum atomic E-state index is 12.1.